The average Bonchev–Trinajstić information content (AvgIpc) is 2.83. The molecule has 0 saturated carbocycles. The molecule has 0 aliphatic heterocycles. The van der Waals surface area contributed by atoms with E-state index in [1.165, 1.54) is 0 Å². The van der Waals surface area contributed by atoms with Gasteiger partial charge in [0.2, 0.25) is 0 Å². The van der Waals surface area contributed by atoms with Crippen molar-refractivity contribution in [1.29, 1.82) is 0 Å². The average molecular weight is 429 g/mol. The maximum absolute atomic E-state index is 13.1. The summed E-state index contributed by atoms with van der Waals surface area (Å²) >= 11 is 0. The molecule has 4 aromatic rings. The standard InChI is InChI=1S/C26H23NO5/c1-30-20-11-7-17(8-12-20)15-23(18-9-13-21(31-2)14-10-18)27-25(28)22-16-19-5-3-4-6-24(19)32-26(22)29/h3-14,16,23H,15H2,1-2H3,(H,27,28). The van der Waals surface area contributed by atoms with E-state index in [1.807, 2.05) is 54.6 Å². The molecule has 6 nitrogen and oxygen atoms in total. The van der Waals surface area contributed by atoms with Crippen molar-refractivity contribution < 1.29 is 18.7 Å². The van der Waals surface area contributed by atoms with Crippen LogP contribution in [-0.2, 0) is 6.42 Å². The lowest BCUT2D eigenvalue weighted by Gasteiger charge is -2.20. The second-order valence-corrected chi connectivity index (χ2v) is 7.34. The van der Waals surface area contributed by atoms with Gasteiger partial charge >= 0.3 is 5.63 Å². The van der Waals surface area contributed by atoms with Gasteiger partial charge in [0.1, 0.15) is 22.6 Å². The molecule has 0 aliphatic rings. The molecule has 1 amide bonds. The van der Waals surface area contributed by atoms with E-state index in [2.05, 4.69) is 5.32 Å². The second kappa shape index (κ2) is 9.39. The number of carbonyl (C=O) groups is 1. The summed E-state index contributed by atoms with van der Waals surface area (Å²) in [6.45, 7) is 0. The first kappa shape index (κ1) is 21.2. The zero-order chi connectivity index (χ0) is 22.5. The third kappa shape index (κ3) is 4.64. The van der Waals surface area contributed by atoms with Gasteiger partial charge in [0.15, 0.2) is 0 Å². The summed E-state index contributed by atoms with van der Waals surface area (Å²) in [5.41, 5.74) is 1.65. The smallest absolute Gasteiger partial charge is 0.349 e. The minimum Gasteiger partial charge on any atom is -0.497 e. The highest BCUT2D eigenvalue weighted by Gasteiger charge is 2.20. The highest BCUT2D eigenvalue weighted by molar-refractivity contribution is 5.96. The molecule has 6 heteroatoms. The summed E-state index contributed by atoms with van der Waals surface area (Å²) in [6, 6.07) is 23.4. The molecule has 1 N–H and O–H groups in total. The number of rotatable bonds is 7. The van der Waals surface area contributed by atoms with Crippen LogP contribution in [0.3, 0.4) is 0 Å². The number of hydrogen-bond donors (Lipinski definition) is 1. The van der Waals surface area contributed by atoms with Gasteiger partial charge in [0.05, 0.1) is 20.3 Å². The molecule has 0 spiro atoms. The Morgan fingerprint density at radius 2 is 1.53 bits per heavy atom. The van der Waals surface area contributed by atoms with Crippen LogP contribution in [0.5, 0.6) is 11.5 Å². The number of para-hydroxylation sites is 1. The van der Waals surface area contributed by atoms with Gasteiger partial charge in [0.25, 0.3) is 5.91 Å². The van der Waals surface area contributed by atoms with Gasteiger partial charge in [-0.3, -0.25) is 4.79 Å². The molecular formula is C26H23NO5. The van der Waals surface area contributed by atoms with Crippen LogP contribution >= 0.6 is 0 Å². The van der Waals surface area contributed by atoms with E-state index in [4.69, 9.17) is 13.9 Å². The lowest BCUT2D eigenvalue weighted by Crippen LogP contribution is -2.33. The van der Waals surface area contributed by atoms with E-state index in [0.717, 1.165) is 22.6 Å². The van der Waals surface area contributed by atoms with E-state index in [1.54, 1.807) is 38.5 Å². The molecular weight excluding hydrogens is 406 g/mol. The van der Waals surface area contributed by atoms with Crippen LogP contribution in [-0.4, -0.2) is 20.1 Å². The first-order valence-electron chi connectivity index (χ1n) is 10.2. The van der Waals surface area contributed by atoms with Crippen LogP contribution in [0.1, 0.15) is 27.5 Å². The summed E-state index contributed by atoms with van der Waals surface area (Å²) in [5.74, 6) is 0.991. The van der Waals surface area contributed by atoms with Crippen molar-refractivity contribution in [2.45, 2.75) is 12.5 Å². The highest BCUT2D eigenvalue weighted by Crippen LogP contribution is 2.23. The van der Waals surface area contributed by atoms with Crippen LogP contribution in [0.25, 0.3) is 11.0 Å². The fourth-order valence-electron chi connectivity index (χ4n) is 3.54. The molecule has 0 saturated heterocycles. The molecule has 1 aromatic heterocycles. The molecule has 0 aliphatic carbocycles. The summed E-state index contributed by atoms with van der Waals surface area (Å²) in [5, 5.41) is 3.69. The lowest BCUT2D eigenvalue weighted by molar-refractivity contribution is 0.0933. The summed E-state index contributed by atoms with van der Waals surface area (Å²) in [4.78, 5) is 25.5. The maximum atomic E-state index is 13.1. The van der Waals surface area contributed by atoms with Crippen LogP contribution < -0.4 is 20.4 Å². The number of benzene rings is 3. The summed E-state index contributed by atoms with van der Waals surface area (Å²) in [6.07, 6.45) is 0.529. The monoisotopic (exact) mass is 429 g/mol. The van der Waals surface area contributed by atoms with Gasteiger partial charge in [-0.05, 0) is 53.9 Å². The second-order valence-electron chi connectivity index (χ2n) is 7.34. The third-order valence-corrected chi connectivity index (χ3v) is 5.31. The van der Waals surface area contributed by atoms with Gasteiger partial charge in [0, 0.05) is 5.39 Å². The minimum absolute atomic E-state index is 0.0306. The van der Waals surface area contributed by atoms with Gasteiger partial charge in [-0.2, -0.15) is 0 Å². The predicted octanol–water partition coefficient (Wildman–Crippen LogP) is 4.52. The Kier molecular flexibility index (Phi) is 6.22. The van der Waals surface area contributed by atoms with Crippen molar-refractivity contribution in [3.8, 4) is 11.5 Å². The maximum Gasteiger partial charge on any atom is 0.349 e. The van der Waals surface area contributed by atoms with E-state index in [0.29, 0.717) is 17.4 Å². The molecule has 0 radical (unpaired) electrons. The Hall–Kier alpha value is -4.06. The fraction of sp³-hybridized carbons (Fsp3) is 0.154. The number of hydrogen-bond acceptors (Lipinski definition) is 5. The van der Waals surface area contributed by atoms with Crippen molar-refractivity contribution in [3.63, 3.8) is 0 Å². The Balaban J connectivity index is 1.64. The van der Waals surface area contributed by atoms with Gasteiger partial charge in [-0.15, -0.1) is 0 Å². The van der Waals surface area contributed by atoms with E-state index in [-0.39, 0.29) is 11.6 Å². The van der Waals surface area contributed by atoms with Crippen molar-refractivity contribution >= 4 is 16.9 Å². The highest BCUT2D eigenvalue weighted by atomic mass is 16.5. The largest absolute Gasteiger partial charge is 0.497 e. The van der Waals surface area contributed by atoms with Gasteiger partial charge in [-0.1, -0.05) is 42.5 Å². The van der Waals surface area contributed by atoms with Crippen LogP contribution in [0.4, 0.5) is 0 Å². The molecule has 0 fully saturated rings. The number of ether oxygens (including phenoxy) is 2. The summed E-state index contributed by atoms with van der Waals surface area (Å²) in [7, 11) is 3.22. The fourth-order valence-corrected chi connectivity index (χ4v) is 3.54. The van der Waals surface area contributed by atoms with Crippen molar-refractivity contribution in [1.82, 2.24) is 5.32 Å². The van der Waals surface area contributed by atoms with Crippen molar-refractivity contribution in [2.24, 2.45) is 0 Å². The number of nitrogens with one attached hydrogen (secondary N) is 1. The third-order valence-electron chi connectivity index (χ3n) is 5.31. The van der Waals surface area contributed by atoms with Crippen LogP contribution in [0.15, 0.2) is 88.1 Å². The zero-order valence-electron chi connectivity index (χ0n) is 17.8. The molecule has 0 bridgehead atoms. The Morgan fingerprint density at radius 3 is 2.19 bits per heavy atom. The molecule has 162 valence electrons. The molecule has 32 heavy (non-hydrogen) atoms. The molecule has 3 aromatic carbocycles. The van der Waals surface area contributed by atoms with Crippen LogP contribution in [0.2, 0.25) is 0 Å². The Labute approximate surface area is 185 Å². The first-order chi connectivity index (χ1) is 15.6. The SMILES string of the molecule is COc1ccc(CC(NC(=O)c2cc3ccccc3oc2=O)c2ccc(OC)cc2)cc1. The van der Waals surface area contributed by atoms with Crippen molar-refractivity contribution in [2.75, 3.05) is 14.2 Å². The zero-order valence-corrected chi connectivity index (χ0v) is 17.8. The van der Waals surface area contributed by atoms with E-state index in [9.17, 15) is 9.59 Å². The van der Waals surface area contributed by atoms with Crippen LogP contribution in [0, 0.1) is 0 Å². The van der Waals surface area contributed by atoms with E-state index >= 15 is 0 Å². The van der Waals surface area contributed by atoms with Gasteiger partial charge < -0.3 is 19.2 Å². The lowest BCUT2D eigenvalue weighted by atomic mass is 9.98. The number of methoxy groups -OCH3 is 2. The number of carbonyl (C=O) groups excluding carboxylic acids is 1. The Morgan fingerprint density at radius 1 is 0.906 bits per heavy atom. The summed E-state index contributed by atoms with van der Waals surface area (Å²) < 4.78 is 15.8. The topological polar surface area (TPSA) is 77.8 Å². The predicted molar refractivity (Wildman–Crippen MR) is 122 cm³/mol. The first-order valence-corrected chi connectivity index (χ1v) is 10.2. The van der Waals surface area contributed by atoms with Crippen molar-refractivity contribution in [3.05, 3.63) is 106 Å². The Bertz CT molecular complexity index is 1280. The number of fused-ring (bicyclic) bond motifs is 1. The quantitative estimate of drug-likeness (QED) is 0.437. The molecule has 1 heterocycles. The molecule has 1 atom stereocenters. The number of amides is 1. The minimum atomic E-state index is -0.667. The normalized spacial score (nSPS) is 11.7. The van der Waals surface area contributed by atoms with Gasteiger partial charge in [-0.25, -0.2) is 4.79 Å². The molecule has 4 rings (SSSR count). The van der Waals surface area contributed by atoms with E-state index < -0.39 is 11.5 Å². The molecule has 1 unspecified atom stereocenters.